The van der Waals surface area contributed by atoms with Gasteiger partial charge in [0.05, 0.1) is 6.33 Å². The van der Waals surface area contributed by atoms with Gasteiger partial charge in [-0.2, -0.15) is 0 Å². The molecule has 2 heterocycles. The van der Waals surface area contributed by atoms with Crippen LogP contribution in [-0.4, -0.2) is 31.5 Å². The van der Waals surface area contributed by atoms with Gasteiger partial charge in [-0.25, -0.2) is 10.1 Å². The molecule has 0 bridgehead atoms. The first-order valence-electron chi connectivity index (χ1n) is 5.79. The average Bonchev–Trinajstić information content (AvgIpc) is 2.74. The van der Waals surface area contributed by atoms with E-state index in [9.17, 15) is 4.79 Å². The Hall–Kier alpha value is -1.76. The van der Waals surface area contributed by atoms with Crippen molar-refractivity contribution in [2.24, 2.45) is 5.73 Å². The Labute approximate surface area is 98.0 Å². The van der Waals surface area contributed by atoms with Gasteiger partial charge in [-0.3, -0.25) is 4.79 Å². The highest BCUT2D eigenvalue weighted by molar-refractivity contribution is 5.68. The third-order valence-corrected chi connectivity index (χ3v) is 2.67. The molecule has 0 saturated carbocycles. The Balaban J connectivity index is 2.00. The van der Waals surface area contributed by atoms with Gasteiger partial charge in [0.15, 0.2) is 11.2 Å². The van der Waals surface area contributed by atoms with E-state index in [1.807, 2.05) is 4.57 Å². The molecular weight excluding hydrogens is 220 g/mol. The molecule has 0 fully saturated rings. The first-order chi connectivity index (χ1) is 8.33. The lowest BCUT2D eigenvalue weighted by atomic mass is 10.2. The normalized spacial score (nSPS) is 11.1. The summed E-state index contributed by atoms with van der Waals surface area (Å²) >= 11 is 0. The van der Waals surface area contributed by atoms with Crippen LogP contribution in [0.3, 0.4) is 0 Å². The highest BCUT2D eigenvalue weighted by Gasteiger charge is 2.07. The van der Waals surface area contributed by atoms with Crippen LogP contribution in [0.4, 0.5) is 0 Å². The second-order valence-corrected chi connectivity index (χ2v) is 3.95. The average molecular weight is 236 g/mol. The molecule has 2 aromatic rings. The van der Waals surface area contributed by atoms with Crippen LogP contribution < -0.4 is 11.3 Å². The molecular formula is C10H16N6O. The van der Waals surface area contributed by atoms with E-state index in [4.69, 9.17) is 5.73 Å². The van der Waals surface area contributed by atoms with Crippen LogP contribution >= 0.6 is 0 Å². The van der Waals surface area contributed by atoms with Gasteiger partial charge in [0.25, 0.3) is 5.56 Å². The Morgan fingerprint density at radius 1 is 1.29 bits per heavy atom. The molecule has 0 radical (unpaired) electrons. The Kier molecular flexibility index (Phi) is 3.81. The van der Waals surface area contributed by atoms with Crippen LogP contribution in [0.15, 0.2) is 11.1 Å². The van der Waals surface area contributed by atoms with Crippen molar-refractivity contribution in [3.63, 3.8) is 0 Å². The van der Waals surface area contributed by atoms with E-state index in [0.29, 0.717) is 11.2 Å². The van der Waals surface area contributed by atoms with Gasteiger partial charge >= 0.3 is 0 Å². The Bertz CT molecular complexity index is 531. The van der Waals surface area contributed by atoms with Crippen LogP contribution in [0, 0.1) is 0 Å². The van der Waals surface area contributed by atoms with Crippen LogP contribution in [0.2, 0.25) is 0 Å². The summed E-state index contributed by atoms with van der Waals surface area (Å²) in [5, 5.41) is 9.70. The third kappa shape index (κ3) is 2.68. The number of rotatable bonds is 6. The zero-order chi connectivity index (χ0) is 12.1. The van der Waals surface area contributed by atoms with E-state index in [1.54, 1.807) is 6.33 Å². The molecule has 0 atom stereocenters. The minimum atomic E-state index is -0.295. The van der Waals surface area contributed by atoms with Gasteiger partial charge in [-0.05, 0) is 19.4 Å². The number of hydrogen-bond acceptors (Lipinski definition) is 5. The summed E-state index contributed by atoms with van der Waals surface area (Å²) in [4.78, 5) is 15.4. The van der Waals surface area contributed by atoms with Crippen LogP contribution in [0.1, 0.15) is 25.7 Å². The van der Waals surface area contributed by atoms with E-state index in [-0.39, 0.29) is 5.56 Å². The predicted molar refractivity (Wildman–Crippen MR) is 63.5 cm³/mol. The molecule has 7 heteroatoms. The summed E-state index contributed by atoms with van der Waals surface area (Å²) in [6.07, 6.45) is 5.98. The lowest BCUT2D eigenvalue weighted by Crippen LogP contribution is -2.11. The van der Waals surface area contributed by atoms with Crippen molar-refractivity contribution in [3.05, 3.63) is 16.7 Å². The molecule has 7 nitrogen and oxygen atoms in total. The molecule has 0 aliphatic rings. The van der Waals surface area contributed by atoms with Gasteiger partial charge in [-0.15, -0.1) is 5.10 Å². The van der Waals surface area contributed by atoms with E-state index in [0.717, 1.165) is 38.8 Å². The fourth-order valence-electron chi connectivity index (χ4n) is 1.76. The topological polar surface area (TPSA) is 102 Å². The van der Waals surface area contributed by atoms with Crippen molar-refractivity contribution < 1.29 is 0 Å². The molecule has 2 rings (SSSR count). The smallest absolute Gasteiger partial charge is 0.295 e. The molecule has 2 aromatic heterocycles. The SMILES string of the molecule is NCCCCCCn1cnc2c(=O)[nH]nnc21. The maximum atomic E-state index is 11.4. The number of aryl methyl sites for hydroxylation is 1. The number of H-pyrrole nitrogens is 1. The molecule has 3 N–H and O–H groups in total. The largest absolute Gasteiger partial charge is 0.330 e. The highest BCUT2D eigenvalue weighted by atomic mass is 16.1. The van der Waals surface area contributed by atoms with Crippen molar-refractivity contribution in [2.45, 2.75) is 32.2 Å². The fourth-order valence-corrected chi connectivity index (χ4v) is 1.76. The van der Waals surface area contributed by atoms with Gasteiger partial charge in [0.2, 0.25) is 0 Å². The maximum Gasteiger partial charge on any atom is 0.295 e. The van der Waals surface area contributed by atoms with Gasteiger partial charge in [-0.1, -0.05) is 18.1 Å². The first kappa shape index (κ1) is 11.7. The summed E-state index contributed by atoms with van der Waals surface area (Å²) in [6.45, 7) is 1.55. The van der Waals surface area contributed by atoms with E-state index in [1.165, 1.54) is 0 Å². The number of nitrogens with two attached hydrogens (primary N) is 1. The van der Waals surface area contributed by atoms with Crippen molar-refractivity contribution in [3.8, 4) is 0 Å². The van der Waals surface area contributed by atoms with E-state index >= 15 is 0 Å². The monoisotopic (exact) mass is 236 g/mol. The number of aromatic nitrogens is 5. The summed E-state index contributed by atoms with van der Waals surface area (Å²) in [6, 6.07) is 0. The van der Waals surface area contributed by atoms with Crippen molar-refractivity contribution in [2.75, 3.05) is 6.54 Å². The second kappa shape index (κ2) is 5.53. The lowest BCUT2D eigenvalue weighted by molar-refractivity contribution is 0.579. The van der Waals surface area contributed by atoms with Crippen molar-refractivity contribution in [1.82, 2.24) is 25.0 Å². The number of unbranched alkanes of at least 4 members (excludes halogenated alkanes) is 3. The minimum Gasteiger partial charge on any atom is -0.330 e. The molecule has 0 aliphatic heterocycles. The summed E-state index contributed by atoms with van der Waals surface area (Å²) < 4.78 is 1.86. The minimum absolute atomic E-state index is 0.295. The number of imidazole rings is 1. The number of nitrogens with zero attached hydrogens (tertiary/aromatic N) is 4. The molecule has 0 aliphatic carbocycles. The predicted octanol–water partition coefficient (Wildman–Crippen LogP) is 0.0337. The maximum absolute atomic E-state index is 11.4. The molecule has 0 amide bonds. The van der Waals surface area contributed by atoms with E-state index in [2.05, 4.69) is 20.4 Å². The molecule has 0 unspecified atom stereocenters. The van der Waals surface area contributed by atoms with Crippen LogP contribution in [-0.2, 0) is 6.54 Å². The van der Waals surface area contributed by atoms with E-state index < -0.39 is 0 Å². The van der Waals surface area contributed by atoms with Gasteiger partial charge < -0.3 is 10.3 Å². The Morgan fingerprint density at radius 2 is 2.12 bits per heavy atom. The van der Waals surface area contributed by atoms with Crippen molar-refractivity contribution >= 4 is 11.2 Å². The third-order valence-electron chi connectivity index (χ3n) is 2.67. The van der Waals surface area contributed by atoms with Gasteiger partial charge in [0.1, 0.15) is 0 Å². The molecule has 0 spiro atoms. The molecule has 92 valence electrons. The summed E-state index contributed by atoms with van der Waals surface area (Å²) in [7, 11) is 0. The zero-order valence-corrected chi connectivity index (χ0v) is 9.59. The summed E-state index contributed by atoms with van der Waals surface area (Å²) in [5.74, 6) is 0. The number of nitrogens with one attached hydrogen (secondary N) is 1. The Morgan fingerprint density at radius 3 is 2.94 bits per heavy atom. The standard InChI is InChI=1S/C10H16N6O/c11-5-3-1-2-4-6-16-7-12-8-9(16)13-15-14-10(8)17/h7H,1-6,11H2,(H,13,14,17). The number of fused-ring (bicyclic) bond motifs is 1. The number of aromatic amines is 1. The fraction of sp³-hybridized carbons (Fsp3) is 0.600. The van der Waals surface area contributed by atoms with Crippen LogP contribution in [0.5, 0.6) is 0 Å². The molecule has 0 saturated heterocycles. The van der Waals surface area contributed by atoms with Gasteiger partial charge in [0, 0.05) is 6.54 Å². The molecule has 17 heavy (non-hydrogen) atoms. The molecule has 0 aromatic carbocycles. The quantitative estimate of drug-likeness (QED) is 0.689. The second-order valence-electron chi connectivity index (χ2n) is 3.95. The zero-order valence-electron chi connectivity index (χ0n) is 9.59. The highest BCUT2D eigenvalue weighted by Crippen LogP contribution is 2.06. The van der Waals surface area contributed by atoms with Crippen LogP contribution in [0.25, 0.3) is 11.2 Å². The number of hydrogen-bond donors (Lipinski definition) is 2. The van der Waals surface area contributed by atoms with Crippen molar-refractivity contribution in [1.29, 1.82) is 0 Å². The first-order valence-corrected chi connectivity index (χ1v) is 5.79. The summed E-state index contributed by atoms with van der Waals surface area (Å²) in [5.41, 5.74) is 6.03. The lowest BCUT2D eigenvalue weighted by Gasteiger charge is -2.02.